The zero-order valence-electron chi connectivity index (χ0n) is 4.61. The summed E-state index contributed by atoms with van der Waals surface area (Å²) in [5.74, 6) is -0.619. The second kappa shape index (κ2) is 2.24. The molecular formula is C5H7O4. The van der Waals surface area contributed by atoms with Crippen LogP contribution in [-0.4, -0.2) is 28.0 Å². The van der Waals surface area contributed by atoms with Crippen molar-refractivity contribution in [1.82, 2.24) is 0 Å². The van der Waals surface area contributed by atoms with Crippen molar-refractivity contribution in [2.24, 2.45) is 0 Å². The molecule has 0 bridgehead atoms. The van der Waals surface area contributed by atoms with Gasteiger partial charge in [-0.25, -0.2) is 0 Å². The van der Waals surface area contributed by atoms with E-state index in [1.165, 1.54) is 0 Å². The minimum atomic E-state index is -0.773. The zero-order valence-corrected chi connectivity index (χ0v) is 4.61. The maximum Gasteiger partial charge on any atom is 0.165 e. The maximum absolute atomic E-state index is 8.77. The van der Waals surface area contributed by atoms with Crippen LogP contribution in [0.4, 0.5) is 0 Å². The van der Waals surface area contributed by atoms with E-state index >= 15 is 0 Å². The topological polar surface area (TPSA) is 69.9 Å². The highest BCUT2D eigenvalue weighted by atomic mass is 16.5. The molecule has 1 atom stereocenters. The number of aliphatic hydroxyl groups is 3. The monoisotopic (exact) mass is 131 g/mol. The van der Waals surface area contributed by atoms with E-state index in [4.69, 9.17) is 15.3 Å². The second-order valence-electron chi connectivity index (χ2n) is 1.70. The van der Waals surface area contributed by atoms with Gasteiger partial charge in [0.1, 0.15) is 6.10 Å². The average Bonchev–Trinajstić information content (AvgIpc) is 2.15. The van der Waals surface area contributed by atoms with Crippen molar-refractivity contribution < 1.29 is 20.1 Å². The summed E-state index contributed by atoms with van der Waals surface area (Å²) in [6.45, 7) is 0.669. The molecule has 3 N–H and O–H groups in total. The van der Waals surface area contributed by atoms with Gasteiger partial charge in [0, 0.05) is 0 Å². The molecule has 0 unspecified atom stereocenters. The first-order valence-electron chi connectivity index (χ1n) is 2.47. The van der Waals surface area contributed by atoms with Gasteiger partial charge < -0.3 is 20.1 Å². The maximum atomic E-state index is 8.77. The Balaban J connectivity index is 2.63. The van der Waals surface area contributed by atoms with Gasteiger partial charge in [-0.3, -0.25) is 0 Å². The van der Waals surface area contributed by atoms with Gasteiger partial charge in [0.15, 0.2) is 18.1 Å². The van der Waals surface area contributed by atoms with Gasteiger partial charge in [-0.05, 0) is 0 Å². The first-order valence-corrected chi connectivity index (χ1v) is 2.47. The average molecular weight is 131 g/mol. The molecule has 0 amide bonds. The van der Waals surface area contributed by atoms with Gasteiger partial charge in [0.05, 0.1) is 6.61 Å². The SMILES string of the molecule is OC[C@H]1O[CH]C(O)=C1O. The standard InChI is InChI=1S/C5H7O4/c6-1-4-5(8)3(7)2-9-4/h2,4,6-8H,1H2/t4-/m1/s1. The first kappa shape index (κ1) is 6.38. The highest BCUT2D eigenvalue weighted by molar-refractivity contribution is 5.15. The Hall–Kier alpha value is -0.740. The van der Waals surface area contributed by atoms with Crippen LogP contribution in [0.1, 0.15) is 0 Å². The predicted octanol–water partition coefficient (Wildman–Crippen LogP) is -0.133. The van der Waals surface area contributed by atoms with Crippen LogP contribution in [-0.2, 0) is 4.74 Å². The molecule has 0 spiro atoms. The summed E-state index contributed by atoms with van der Waals surface area (Å²) in [6.07, 6.45) is -0.773. The number of hydrogen-bond donors (Lipinski definition) is 3. The Bertz CT molecular complexity index is 140. The lowest BCUT2D eigenvalue weighted by atomic mass is 10.3. The minimum absolute atomic E-state index is 0.308. The molecule has 1 radical (unpaired) electrons. The van der Waals surface area contributed by atoms with Crippen molar-refractivity contribution in [2.45, 2.75) is 6.10 Å². The summed E-state index contributed by atoms with van der Waals surface area (Å²) >= 11 is 0. The van der Waals surface area contributed by atoms with Gasteiger partial charge >= 0.3 is 0 Å². The number of hydrogen-bond acceptors (Lipinski definition) is 4. The summed E-state index contributed by atoms with van der Waals surface area (Å²) in [7, 11) is 0. The lowest BCUT2D eigenvalue weighted by molar-refractivity contribution is 0.0730. The van der Waals surface area contributed by atoms with Crippen LogP contribution in [0.2, 0.25) is 0 Å². The van der Waals surface area contributed by atoms with Crippen LogP contribution in [0, 0.1) is 6.61 Å². The third kappa shape index (κ3) is 0.988. The van der Waals surface area contributed by atoms with Crippen LogP contribution in [0.5, 0.6) is 0 Å². The molecule has 0 aromatic heterocycles. The minimum Gasteiger partial charge on any atom is -0.506 e. The van der Waals surface area contributed by atoms with Crippen molar-refractivity contribution in [3.63, 3.8) is 0 Å². The highest BCUT2D eigenvalue weighted by Gasteiger charge is 2.25. The summed E-state index contributed by atoms with van der Waals surface area (Å²) in [5.41, 5.74) is 0. The van der Waals surface area contributed by atoms with Crippen molar-refractivity contribution in [2.75, 3.05) is 6.61 Å². The molecule has 9 heavy (non-hydrogen) atoms. The number of aliphatic hydroxyl groups excluding tert-OH is 3. The molecule has 0 saturated carbocycles. The fourth-order valence-electron chi connectivity index (χ4n) is 0.566. The number of ether oxygens (including phenoxy) is 1. The molecule has 1 heterocycles. The van der Waals surface area contributed by atoms with E-state index in [2.05, 4.69) is 4.74 Å². The smallest absolute Gasteiger partial charge is 0.165 e. The Morgan fingerprint density at radius 3 is 2.44 bits per heavy atom. The Morgan fingerprint density at radius 2 is 2.22 bits per heavy atom. The third-order valence-corrected chi connectivity index (χ3v) is 1.08. The second-order valence-corrected chi connectivity index (χ2v) is 1.70. The molecule has 4 heteroatoms. The van der Waals surface area contributed by atoms with Crippen LogP contribution in [0.3, 0.4) is 0 Å². The van der Waals surface area contributed by atoms with Gasteiger partial charge in [-0.15, -0.1) is 0 Å². The predicted molar refractivity (Wildman–Crippen MR) is 28.5 cm³/mol. The quantitative estimate of drug-likeness (QED) is 0.463. The van der Waals surface area contributed by atoms with E-state index in [0.29, 0.717) is 0 Å². The van der Waals surface area contributed by atoms with Crippen LogP contribution in [0.25, 0.3) is 0 Å². The molecule has 0 aliphatic carbocycles. The summed E-state index contributed by atoms with van der Waals surface area (Å²) in [5, 5.41) is 25.8. The summed E-state index contributed by atoms with van der Waals surface area (Å²) < 4.78 is 4.58. The van der Waals surface area contributed by atoms with E-state index in [0.717, 1.165) is 6.61 Å². The lowest BCUT2D eigenvalue weighted by Gasteiger charge is -2.02. The molecule has 0 fully saturated rings. The van der Waals surface area contributed by atoms with Crippen molar-refractivity contribution in [3.05, 3.63) is 18.1 Å². The molecule has 0 aromatic carbocycles. The Morgan fingerprint density at radius 1 is 1.56 bits per heavy atom. The summed E-state index contributed by atoms with van der Waals surface area (Å²) in [4.78, 5) is 0. The molecule has 0 saturated heterocycles. The van der Waals surface area contributed by atoms with Gasteiger partial charge in [-0.2, -0.15) is 0 Å². The molecule has 1 aliphatic rings. The van der Waals surface area contributed by atoms with Crippen molar-refractivity contribution in [3.8, 4) is 0 Å². The fourth-order valence-corrected chi connectivity index (χ4v) is 0.566. The van der Waals surface area contributed by atoms with E-state index in [9.17, 15) is 0 Å². The normalized spacial score (nSPS) is 27.4. The van der Waals surface area contributed by atoms with E-state index in [-0.39, 0.29) is 18.1 Å². The fraction of sp³-hybridized carbons (Fsp3) is 0.400. The molecule has 1 aliphatic heterocycles. The van der Waals surface area contributed by atoms with E-state index in [1.807, 2.05) is 0 Å². The van der Waals surface area contributed by atoms with E-state index in [1.54, 1.807) is 0 Å². The molecule has 1 rings (SSSR count). The molecule has 4 nitrogen and oxygen atoms in total. The summed E-state index contributed by atoms with van der Waals surface area (Å²) in [6, 6.07) is 0. The zero-order chi connectivity index (χ0) is 6.85. The van der Waals surface area contributed by atoms with Crippen LogP contribution >= 0.6 is 0 Å². The molecular weight excluding hydrogens is 124 g/mol. The van der Waals surface area contributed by atoms with E-state index < -0.39 is 6.10 Å². The molecule has 0 aromatic rings. The first-order chi connectivity index (χ1) is 4.25. The van der Waals surface area contributed by atoms with Crippen LogP contribution in [0.15, 0.2) is 11.5 Å². The van der Waals surface area contributed by atoms with Crippen molar-refractivity contribution in [1.29, 1.82) is 0 Å². The largest absolute Gasteiger partial charge is 0.506 e. The Kier molecular flexibility index (Phi) is 1.59. The molecule has 51 valence electrons. The lowest BCUT2D eigenvalue weighted by Crippen LogP contribution is -2.13. The Labute approximate surface area is 52.0 Å². The van der Waals surface area contributed by atoms with Gasteiger partial charge in [0.25, 0.3) is 0 Å². The van der Waals surface area contributed by atoms with Gasteiger partial charge in [0.2, 0.25) is 0 Å². The number of rotatable bonds is 1. The van der Waals surface area contributed by atoms with Crippen LogP contribution < -0.4 is 0 Å². The third-order valence-electron chi connectivity index (χ3n) is 1.08. The highest BCUT2D eigenvalue weighted by Crippen LogP contribution is 2.19. The van der Waals surface area contributed by atoms with Crippen molar-refractivity contribution >= 4 is 0 Å². The van der Waals surface area contributed by atoms with Gasteiger partial charge in [-0.1, -0.05) is 0 Å².